The minimum Gasteiger partial charge on any atom is -0.314 e. The van der Waals surface area contributed by atoms with Crippen molar-refractivity contribution in [2.24, 2.45) is 5.92 Å². The van der Waals surface area contributed by atoms with Gasteiger partial charge >= 0.3 is 0 Å². The Bertz CT molecular complexity index is 288. The zero-order valence-electron chi connectivity index (χ0n) is 10.6. The van der Waals surface area contributed by atoms with Gasteiger partial charge < -0.3 is 5.32 Å². The van der Waals surface area contributed by atoms with Crippen molar-refractivity contribution in [3.8, 4) is 0 Å². The second-order valence-corrected chi connectivity index (χ2v) is 5.08. The van der Waals surface area contributed by atoms with Crippen LogP contribution in [0.1, 0.15) is 45.4 Å². The van der Waals surface area contributed by atoms with Crippen LogP contribution in [-0.2, 0) is 9.59 Å². The van der Waals surface area contributed by atoms with Crippen molar-refractivity contribution < 1.29 is 9.59 Å². The van der Waals surface area contributed by atoms with Gasteiger partial charge in [0.25, 0.3) is 0 Å². The van der Waals surface area contributed by atoms with E-state index in [1.165, 1.54) is 24.2 Å². The van der Waals surface area contributed by atoms with Crippen LogP contribution in [0.2, 0.25) is 0 Å². The summed E-state index contributed by atoms with van der Waals surface area (Å²) in [5.74, 6) is 0.678. The van der Waals surface area contributed by atoms with E-state index in [9.17, 15) is 9.59 Å². The molecule has 0 aromatic carbocycles. The molecule has 4 nitrogen and oxygen atoms in total. The zero-order chi connectivity index (χ0) is 12.3. The number of carbonyl (C=O) groups excluding carboxylic acids is 2. The van der Waals surface area contributed by atoms with Crippen molar-refractivity contribution >= 4 is 11.8 Å². The number of likely N-dealkylation sites (tertiary alicyclic amines) is 1. The first-order valence-electron chi connectivity index (χ1n) is 6.79. The maximum atomic E-state index is 11.5. The van der Waals surface area contributed by atoms with Gasteiger partial charge in [-0.1, -0.05) is 13.3 Å². The molecule has 2 unspecified atom stereocenters. The van der Waals surface area contributed by atoms with Crippen LogP contribution in [-0.4, -0.2) is 35.8 Å². The van der Waals surface area contributed by atoms with Crippen molar-refractivity contribution in [2.45, 2.75) is 51.5 Å². The van der Waals surface area contributed by atoms with E-state index in [0.29, 0.717) is 31.3 Å². The molecule has 1 aliphatic heterocycles. The highest BCUT2D eigenvalue weighted by atomic mass is 16.2. The Balaban J connectivity index is 1.81. The molecule has 1 N–H and O–H groups in total. The first kappa shape index (κ1) is 12.6. The number of nitrogens with one attached hydrogen (secondary N) is 1. The molecular weight excluding hydrogens is 216 g/mol. The fourth-order valence-corrected chi connectivity index (χ4v) is 3.08. The molecule has 2 fully saturated rings. The Morgan fingerprint density at radius 2 is 1.94 bits per heavy atom. The fraction of sp³-hybridized carbons (Fsp3) is 0.846. The lowest BCUT2D eigenvalue weighted by Gasteiger charge is -2.22. The van der Waals surface area contributed by atoms with Crippen molar-refractivity contribution in [1.29, 1.82) is 0 Å². The summed E-state index contributed by atoms with van der Waals surface area (Å²) in [4.78, 5) is 24.4. The van der Waals surface area contributed by atoms with E-state index >= 15 is 0 Å². The van der Waals surface area contributed by atoms with Gasteiger partial charge in [0.15, 0.2) is 0 Å². The van der Waals surface area contributed by atoms with Gasteiger partial charge in [-0.2, -0.15) is 0 Å². The van der Waals surface area contributed by atoms with Crippen LogP contribution in [0.15, 0.2) is 0 Å². The quantitative estimate of drug-likeness (QED) is 0.735. The highest BCUT2D eigenvalue weighted by molar-refractivity contribution is 6.01. The van der Waals surface area contributed by atoms with Crippen LogP contribution in [0.25, 0.3) is 0 Å². The Morgan fingerprint density at radius 3 is 2.59 bits per heavy atom. The molecule has 0 aromatic rings. The highest BCUT2D eigenvalue weighted by Crippen LogP contribution is 2.29. The molecular formula is C13H22N2O2. The van der Waals surface area contributed by atoms with Gasteiger partial charge in [0.1, 0.15) is 0 Å². The van der Waals surface area contributed by atoms with Crippen LogP contribution in [0, 0.1) is 5.92 Å². The summed E-state index contributed by atoms with van der Waals surface area (Å²) in [6, 6.07) is 0.591. The number of amides is 2. The average Bonchev–Trinajstić information content (AvgIpc) is 2.86. The lowest BCUT2D eigenvalue weighted by molar-refractivity contribution is -0.138. The summed E-state index contributed by atoms with van der Waals surface area (Å²) in [6.45, 7) is 3.76. The fourth-order valence-electron chi connectivity index (χ4n) is 3.08. The van der Waals surface area contributed by atoms with E-state index < -0.39 is 0 Å². The first-order valence-corrected chi connectivity index (χ1v) is 6.79. The van der Waals surface area contributed by atoms with Crippen LogP contribution in [0.3, 0.4) is 0 Å². The number of carbonyl (C=O) groups is 2. The Kier molecular flexibility index (Phi) is 4.15. The predicted octanol–water partition coefficient (Wildman–Crippen LogP) is 1.30. The summed E-state index contributed by atoms with van der Waals surface area (Å²) >= 11 is 0. The zero-order valence-corrected chi connectivity index (χ0v) is 10.6. The van der Waals surface area contributed by atoms with Gasteiger partial charge in [-0.25, -0.2) is 0 Å². The molecule has 0 spiro atoms. The Morgan fingerprint density at radius 1 is 1.24 bits per heavy atom. The van der Waals surface area contributed by atoms with Gasteiger partial charge in [-0.05, 0) is 31.7 Å². The molecule has 2 rings (SSSR count). The molecule has 0 bridgehead atoms. The molecule has 96 valence electrons. The molecule has 1 saturated carbocycles. The SMILES string of the molecule is CCNC1CCCC1CCN1C(=O)CCC1=O. The van der Waals surface area contributed by atoms with Gasteiger partial charge in [0, 0.05) is 25.4 Å². The molecule has 2 amide bonds. The van der Waals surface area contributed by atoms with Crippen LogP contribution in [0.4, 0.5) is 0 Å². The first-order chi connectivity index (χ1) is 8.22. The summed E-state index contributed by atoms with van der Waals surface area (Å²) in [7, 11) is 0. The smallest absolute Gasteiger partial charge is 0.229 e. The van der Waals surface area contributed by atoms with E-state index in [-0.39, 0.29) is 11.8 Å². The lowest BCUT2D eigenvalue weighted by Crippen LogP contribution is -2.36. The third-order valence-electron chi connectivity index (χ3n) is 4.00. The summed E-state index contributed by atoms with van der Waals surface area (Å²) in [5, 5.41) is 3.50. The third-order valence-corrected chi connectivity index (χ3v) is 4.00. The molecule has 1 aliphatic carbocycles. The van der Waals surface area contributed by atoms with E-state index in [1.54, 1.807) is 0 Å². The summed E-state index contributed by atoms with van der Waals surface area (Å²) < 4.78 is 0. The second kappa shape index (κ2) is 5.63. The average molecular weight is 238 g/mol. The topological polar surface area (TPSA) is 49.4 Å². The molecule has 2 atom stereocenters. The van der Waals surface area contributed by atoms with Crippen LogP contribution < -0.4 is 5.32 Å². The van der Waals surface area contributed by atoms with Crippen LogP contribution >= 0.6 is 0 Å². The monoisotopic (exact) mass is 238 g/mol. The van der Waals surface area contributed by atoms with Crippen molar-refractivity contribution in [3.05, 3.63) is 0 Å². The number of imide groups is 1. The molecule has 1 saturated heterocycles. The van der Waals surface area contributed by atoms with Crippen molar-refractivity contribution in [3.63, 3.8) is 0 Å². The van der Waals surface area contributed by atoms with E-state index in [1.807, 2.05) is 0 Å². The number of hydrogen-bond donors (Lipinski definition) is 1. The molecule has 1 heterocycles. The van der Waals surface area contributed by atoms with E-state index in [2.05, 4.69) is 12.2 Å². The molecule has 0 radical (unpaired) electrons. The maximum Gasteiger partial charge on any atom is 0.229 e. The normalized spacial score (nSPS) is 29.4. The van der Waals surface area contributed by atoms with E-state index in [4.69, 9.17) is 0 Å². The molecule has 0 aromatic heterocycles. The van der Waals surface area contributed by atoms with Crippen molar-refractivity contribution in [2.75, 3.05) is 13.1 Å². The Labute approximate surface area is 103 Å². The number of rotatable bonds is 5. The lowest BCUT2D eigenvalue weighted by atomic mass is 9.99. The van der Waals surface area contributed by atoms with E-state index in [0.717, 1.165) is 13.0 Å². The summed E-state index contributed by atoms with van der Waals surface area (Å²) in [6.07, 6.45) is 5.54. The summed E-state index contributed by atoms with van der Waals surface area (Å²) in [5.41, 5.74) is 0. The van der Waals surface area contributed by atoms with Crippen molar-refractivity contribution in [1.82, 2.24) is 10.2 Å². The number of nitrogens with zero attached hydrogens (tertiary/aromatic N) is 1. The third kappa shape index (κ3) is 2.86. The Hall–Kier alpha value is -0.900. The highest BCUT2D eigenvalue weighted by Gasteiger charge is 2.31. The number of hydrogen-bond acceptors (Lipinski definition) is 3. The maximum absolute atomic E-state index is 11.5. The molecule has 2 aliphatic rings. The molecule has 4 heteroatoms. The van der Waals surface area contributed by atoms with Crippen LogP contribution in [0.5, 0.6) is 0 Å². The minimum absolute atomic E-state index is 0.0213. The predicted molar refractivity (Wildman–Crippen MR) is 65.4 cm³/mol. The van der Waals surface area contributed by atoms with Gasteiger partial charge in [-0.3, -0.25) is 14.5 Å². The minimum atomic E-state index is 0.0213. The van der Waals surface area contributed by atoms with Gasteiger partial charge in [-0.15, -0.1) is 0 Å². The largest absolute Gasteiger partial charge is 0.314 e. The second-order valence-electron chi connectivity index (χ2n) is 5.08. The van der Waals surface area contributed by atoms with Gasteiger partial charge in [0.05, 0.1) is 0 Å². The molecule has 17 heavy (non-hydrogen) atoms. The van der Waals surface area contributed by atoms with Gasteiger partial charge in [0.2, 0.25) is 11.8 Å². The standard InChI is InChI=1S/C13H22N2O2/c1-2-14-11-5-3-4-10(11)8-9-15-12(16)6-7-13(15)17/h10-11,14H,2-9H2,1H3.